The standard InChI is InChI=1S/C26H33FN2O5S/c1-18-23(35(31,32)24(15-29-18)19-5-3-2-4-6-19)13-20-7-8-21(14-22(20)27)26(9-11-33-12-10-26)17-34-16-25(28)30/h2-8,14,18,23-24,29H,9-13,15-17H2,1H3,(H2,28,30)/t18-,23?,24-/m0/s1. The van der Waals surface area contributed by atoms with E-state index >= 15 is 4.39 Å². The predicted octanol–water partition coefficient (Wildman–Crippen LogP) is 2.43. The summed E-state index contributed by atoms with van der Waals surface area (Å²) in [5, 5.41) is 1.89. The third-order valence-corrected chi connectivity index (χ3v) is 9.98. The summed E-state index contributed by atoms with van der Waals surface area (Å²) < 4.78 is 53.5. The Morgan fingerprint density at radius 1 is 1.20 bits per heavy atom. The van der Waals surface area contributed by atoms with Crippen molar-refractivity contribution in [3.63, 3.8) is 0 Å². The summed E-state index contributed by atoms with van der Waals surface area (Å²) in [6.07, 6.45) is 1.34. The van der Waals surface area contributed by atoms with Crippen LogP contribution in [-0.2, 0) is 35.9 Å². The number of primary amides is 1. The number of nitrogens with two attached hydrogens (primary N) is 1. The third kappa shape index (κ3) is 5.58. The monoisotopic (exact) mass is 504 g/mol. The Hall–Kier alpha value is -2.33. The minimum Gasteiger partial charge on any atom is -0.381 e. The number of halogens is 1. The Labute approximate surface area is 206 Å². The number of sulfone groups is 1. The van der Waals surface area contributed by atoms with Gasteiger partial charge in [-0.15, -0.1) is 0 Å². The minimum atomic E-state index is -3.55. The zero-order valence-corrected chi connectivity index (χ0v) is 20.7. The van der Waals surface area contributed by atoms with E-state index in [-0.39, 0.29) is 25.7 Å². The average molecular weight is 505 g/mol. The van der Waals surface area contributed by atoms with Crippen molar-refractivity contribution in [2.75, 3.05) is 33.0 Å². The molecule has 9 heteroatoms. The van der Waals surface area contributed by atoms with Gasteiger partial charge in [0.15, 0.2) is 9.84 Å². The lowest BCUT2D eigenvalue weighted by Crippen LogP contribution is -2.53. The van der Waals surface area contributed by atoms with Gasteiger partial charge in [0.1, 0.15) is 12.4 Å². The van der Waals surface area contributed by atoms with E-state index in [1.807, 2.05) is 43.3 Å². The van der Waals surface area contributed by atoms with Gasteiger partial charge in [0.25, 0.3) is 0 Å². The Kier molecular flexibility index (Phi) is 7.90. The van der Waals surface area contributed by atoms with E-state index < -0.39 is 37.5 Å². The Morgan fingerprint density at radius 3 is 2.57 bits per heavy atom. The molecule has 0 aromatic heterocycles. The van der Waals surface area contributed by atoms with Crippen molar-refractivity contribution in [2.45, 2.75) is 48.1 Å². The first kappa shape index (κ1) is 25.8. The molecule has 190 valence electrons. The fourth-order valence-electron chi connectivity index (χ4n) is 5.19. The van der Waals surface area contributed by atoms with Crippen LogP contribution in [0.4, 0.5) is 4.39 Å². The summed E-state index contributed by atoms with van der Waals surface area (Å²) in [7, 11) is -3.55. The summed E-state index contributed by atoms with van der Waals surface area (Å²) in [6.45, 7) is 3.22. The van der Waals surface area contributed by atoms with E-state index in [0.29, 0.717) is 38.2 Å². The lowest BCUT2D eigenvalue weighted by molar-refractivity contribution is -0.123. The van der Waals surface area contributed by atoms with Gasteiger partial charge >= 0.3 is 0 Å². The Balaban J connectivity index is 1.57. The second kappa shape index (κ2) is 10.7. The number of amides is 1. The quantitative estimate of drug-likeness (QED) is 0.572. The fourth-order valence-corrected chi connectivity index (χ4v) is 7.55. The number of carbonyl (C=O) groups excluding carboxylic acids is 1. The smallest absolute Gasteiger partial charge is 0.243 e. The zero-order valence-electron chi connectivity index (χ0n) is 19.9. The average Bonchev–Trinajstić information content (AvgIpc) is 2.83. The Bertz CT molecular complexity index is 1140. The van der Waals surface area contributed by atoms with Crippen LogP contribution in [0.1, 0.15) is 41.7 Å². The molecule has 1 amide bonds. The van der Waals surface area contributed by atoms with Crippen molar-refractivity contribution < 1.29 is 27.1 Å². The number of carbonyl (C=O) groups is 1. The molecular formula is C26H33FN2O5S. The molecule has 2 saturated heterocycles. The molecule has 35 heavy (non-hydrogen) atoms. The fraction of sp³-hybridized carbons (Fsp3) is 0.500. The first-order valence-electron chi connectivity index (χ1n) is 12.0. The van der Waals surface area contributed by atoms with Crippen LogP contribution >= 0.6 is 0 Å². The van der Waals surface area contributed by atoms with Crippen molar-refractivity contribution in [3.8, 4) is 0 Å². The number of ether oxygens (including phenoxy) is 2. The summed E-state index contributed by atoms with van der Waals surface area (Å²) in [6, 6.07) is 13.9. The summed E-state index contributed by atoms with van der Waals surface area (Å²) >= 11 is 0. The second-order valence-corrected chi connectivity index (χ2v) is 11.9. The largest absolute Gasteiger partial charge is 0.381 e. The van der Waals surface area contributed by atoms with Gasteiger partial charge in [-0.3, -0.25) is 4.79 Å². The van der Waals surface area contributed by atoms with E-state index in [4.69, 9.17) is 15.2 Å². The van der Waals surface area contributed by atoms with Gasteiger partial charge < -0.3 is 20.5 Å². The molecular weight excluding hydrogens is 471 g/mol. The molecule has 0 saturated carbocycles. The van der Waals surface area contributed by atoms with Crippen LogP contribution in [0.5, 0.6) is 0 Å². The van der Waals surface area contributed by atoms with Crippen LogP contribution in [0.15, 0.2) is 48.5 Å². The molecule has 7 nitrogen and oxygen atoms in total. The van der Waals surface area contributed by atoms with Gasteiger partial charge in [0.2, 0.25) is 5.91 Å². The lowest BCUT2D eigenvalue weighted by atomic mass is 9.74. The van der Waals surface area contributed by atoms with E-state index in [2.05, 4.69) is 5.32 Å². The molecule has 0 aliphatic carbocycles. The molecule has 2 aliphatic rings. The maximum atomic E-state index is 15.4. The van der Waals surface area contributed by atoms with Gasteiger partial charge in [-0.05, 0) is 48.9 Å². The number of nitrogens with one attached hydrogen (secondary N) is 1. The summed E-state index contributed by atoms with van der Waals surface area (Å²) in [5.41, 5.74) is 6.57. The highest BCUT2D eigenvalue weighted by atomic mass is 32.2. The molecule has 0 radical (unpaired) electrons. The van der Waals surface area contributed by atoms with E-state index in [1.54, 1.807) is 6.07 Å². The molecule has 2 fully saturated rings. The van der Waals surface area contributed by atoms with E-state index in [9.17, 15) is 13.2 Å². The lowest BCUT2D eigenvalue weighted by Gasteiger charge is -2.38. The molecule has 2 aliphatic heterocycles. The van der Waals surface area contributed by atoms with Crippen molar-refractivity contribution in [1.82, 2.24) is 5.32 Å². The number of benzene rings is 2. The van der Waals surface area contributed by atoms with Crippen LogP contribution < -0.4 is 11.1 Å². The molecule has 4 rings (SSSR count). The zero-order chi connectivity index (χ0) is 25.1. The van der Waals surface area contributed by atoms with Crippen LogP contribution in [0.25, 0.3) is 0 Å². The van der Waals surface area contributed by atoms with Crippen molar-refractivity contribution in [3.05, 3.63) is 71.0 Å². The topological polar surface area (TPSA) is 108 Å². The SMILES string of the molecule is C[C@@H]1NC[C@@H](c2ccccc2)S(=O)(=O)C1Cc1ccc(C2(COCC(N)=O)CCOCC2)cc1F. The second-order valence-electron chi connectivity index (χ2n) is 9.59. The third-order valence-electron chi connectivity index (χ3n) is 7.33. The maximum Gasteiger partial charge on any atom is 0.243 e. The van der Waals surface area contributed by atoms with Crippen LogP contribution in [0.3, 0.4) is 0 Å². The van der Waals surface area contributed by atoms with Crippen LogP contribution in [0.2, 0.25) is 0 Å². The van der Waals surface area contributed by atoms with Crippen LogP contribution in [0, 0.1) is 5.82 Å². The molecule has 3 N–H and O–H groups in total. The van der Waals surface area contributed by atoms with Gasteiger partial charge in [0, 0.05) is 31.2 Å². The van der Waals surface area contributed by atoms with Crippen molar-refractivity contribution in [2.24, 2.45) is 5.73 Å². The molecule has 1 unspecified atom stereocenters. The Morgan fingerprint density at radius 2 is 1.91 bits per heavy atom. The molecule has 0 bridgehead atoms. The van der Waals surface area contributed by atoms with Crippen molar-refractivity contribution >= 4 is 15.7 Å². The first-order valence-corrected chi connectivity index (χ1v) is 13.6. The number of rotatable bonds is 8. The predicted molar refractivity (Wildman–Crippen MR) is 131 cm³/mol. The normalized spacial score (nSPS) is 25.7. The molecule has 0 spiro atoms. The highest BCUT2D eigenvalue weighted by Gasteiger charge is 2.43. The highest BCUT2D eigenvalue weighted by Crippen LogP contribution is 2.37. The minimum absolute atomic E-state index is 0.0836. The van der Waals surface area contributed by atoms with Gasteiger partial charge in [-0.25, -0.2) is 12.8 Å². The maximum absolute atomic E-state index is 15.4. The molecule has 2 heterocycles. The first-order chi connectivity index (χ1) is 16.7. The highest BCUT2D eigenvalue weighted by molar-refractivity contribution is 7.92. The van der Waals surface area contributed by atoms with Crippen molar-refractivity contribution in [1.29, 1.82) is 0 Å². The molecule has 3 atom stereocenters. The van der Waals surface area contributed by atoms with Crippen LogP contribution in [-0.4, -0.2) is 58.6 Å². The molecule has 2 aromatic rings. The van der Waals surface area contributed by atoms with Gasteiger partial charge in [-0.2, -0.15) is 0 Å². The number of hydrogen-bond acceptors (Lipinski definition) is 6. The summed E-state index contributed by atoms with van der Waals surface area (Å²) in [5.74, 6) is -0.994. The number of hydrogen-bond donors (Lipinski definition) is 2. The van der Waals surface area contributed by atoms with Gasteiger partial charge in [0.05, 0.1) is 17.1 Å². The molecule has 2 aromatic carbocycles. The van der Waals surface area contributed by atoms with Gasteiger partial charge in [-0.1, -0.05) is 42.5 Å². The van der Waals surface area contributed by atoms with E-state index in [0.717, 1.165) is 11.1 Å². The van der Waals surface area contributed by atoms with E-state index in [1.165, 1.54) is 6.07 Å². The summed E-state index contributed by atoms with van der Waals surface area (Å²) in [4.78, 5) is 11.1.